The van der Waals surface area contributed by atoms with Crippen LogP contribution in [0.4, 0.5) is 5.69 Å². The van der Waals surface area contributed by atoms with Crippen molar-refractivity contribution in [3.8, 4) is 0 Å². The van der Waals surface area contributed by atoms with Crippen LogP contribution in [-0.4, -0.2) is 19.2 Å². The zero-order valence-corrected chi connectivity index (χ0v) is 10.5. The fourth-order valence-electron chi connectivity index (χ4n) is 1.64. The summed E-state index contributed by atoms with van der Waals surface area (Å²) < 4.78 is 27.5. The van der Waals surface area contributed by atoms with E-state index in [-0.39, 0.29) is 10.8 Å². The van der Waals surface area contributed by atoms with Gasteiger partial charge < -0.3 is 0 Å². The van der Waals surface area contributed by atoms with Gasteiger partial charge in [0.2, 0.25) is 0 Å². The highest BCUT2D eigenvalue weighted by Gasteiger charge is 2.29. The average Bonchev–Trinajstić information content (AvgIpc) is 2.25. The fraction of sp³-hybridized carbons (Fsp3) is 0.400. The number of hydrogen-bond donors (Lipinski definition) is 1. The first-order chi connectivity index (χ1) is 7.92. The monoisotopic (exact) mass is 254 g/mol. The third-order valence-corrected chi connectivity index (χ3v) is 3.72. The summed E-state index contributed by atoms with van der Waals surface area (Å²) in [7, 11) is -3.67. The molecule has 0 radical (unpaired) electrons. The summed E-state index contributed by atoms with van der Waals surface area (Å²) in [6.07, 6.45) is 3.28. The van der Waals surface area contributed by atoms with E-state index in [4.69, 9.17) is 5.84 Å². The number of nitrogens with zero attached hydrogens (tertiary/aromatic N) is 3. The summed E-state index contributed by atoms with van der Waals surface area (Å²) in [6, 6.07) is 1.57. The van der Waals surface area contributed by atoms with Crippen LogP contribution in [0.25, 0.3) is 0 Å². The van der Waals surface area contributed by atoms with Gasteiger partial charge in [0.15, 0.2) is 0 Å². The molecule has 0 aliphatic carbocycles. The van der Waals surface area contributed by atoms with E-state index in [1.165, 1.54) is 17.4 Å². The number of anilines is 1. The standard InChI is InChI=1S/C10H14N4O2S/c1-7(2)5-10-13-17(15,16)9-6-12-4-3-8(9)14(10)11/h3-4,6-7H,5,11H2,1-2H3. The van der Waals surface area contributed by atoms with Crippen molar-refractivity contribution in [3.63, 3.8) is 0 Å². The van der Waals surface area contributed by atoms with Crippen LogP contribution in [0.3, 0.4) is 0 Å². The second-order valence-corrected chi connectivity index (χ2v) is 5.87. The number of fused-ring (bicyclic) bond motifs is 1. The Hall–Kier alpha value is -1.47. The SMILES string of the molecule is CC(C)CC1=NS(=O)(=O)c2cnccc2N1N. The van der Waals surface area contributed by atoms with Crippen LogP contribution in [0.15, 0.2) is 27.8 Å². The van der Waals surface area contributed by atoms with Crippen molar-refractivity contribution in [1.82, 2.24) is 4.98 Å². The van der Waals surface area contributed by atoms with Gasteiger partial charge in [-0.25, -0.2) is 5.84 Å². The lowest BCUT2D eigenvalue weighted by Gasteiger charge is -2.26. The first kappa shape index (κ1) is 12.0. The molecule has 2 N–H and O–H groups in total. The molecule has 1 aromatic heterocycles. The summed E-state index contributed by atoms with van der Waals surface area (Å²) in [5.41, 5.74) is 0.422. The molecule has 0 saturated carbocycles. The number of pyridine rings is 1. The summed E-state index contributed by atoms with van der Waals surface area (Å²) in [5.74, 6) is 6.51. The van der Waals surface area contributed by atoms with Crippen molar-refractivity contribution >= 4 is 21.5 Å². The van der Waals surface area contributed by atoms with Crippen molar-refractivity contribution in [3.05, 3.63) is 18.5 Å². The number of sulfonamides is 1. The molecular formula is C10H14N4O2S. The maximum atomic E-state index is 11.9. The highest BCUT2D eigenvalue weighted by atomic mass is 32.2. The van der Waals surface area contributed by atoms with Gasteiger partial charge >= 0.3 is 0 Å². The van der Waals surface area contributed by atoms with Crippen LogP contribution in [0.1, 0.15) is 20.3 Å². The van der Waals surface area contributed by atoms with Gasteiger partial charge in [0.05, 0.1) is 5.69 Å². The molecule has 92 valence electrons. The van der Waals surface area contributed by atoms with Gasteiger partial charge in [0, 0.05) is 18.8 Å². The maximum absolute atomic E-state index is 11.9. The molecule has 0 aromatic carbocycles. The summed E-state index contributed by atoms with van der Waals surface area (Å²) in [5, 5.41) is 1.32. The van der Waals surface area contributed by atoms with Crippen LogP contribution < -0.4 is 10.9 Å². The van der Waals surface area contributed by atoms with Crippen LogP contribution in [-0.2, 0) is 10.0 Å². The number of rotatable bonds is 2. The molecule has 1 aromatic rings. The Morgan fingerprint density at radius 3 is 2.82 bits per heavy atom. The molecule has 7 heteroatoms. The van der Waals surface area contributed by atoms with Crippen molar-refractivity contribution < 1.29 is 8.42 Å². The molecule has 0 saturated heterocycles. The van der Waals surface area contributed by atoms with Gasteiger partial charge in [0.25, 0.3) is 10.0 Å². The zero-order valence-electron chi connectivity index (χ0n) is 9.66. The number of hydrogen-bond acceptors (Lipinski definition) is 5. The zero-order chi connectivity index (χ0) is 12.6. The van der Waals surface area contributed by atoms with E-state index in [1.807, 2.05) is 13.8 Å². The maximum Gasteiger partial charge on any atom is 0.287 e. The topological polar surface area (TPSA) is 88.7 Å². The Labute approximate surface area is 100 Å². The minimum absolute atomic E-state index is 0.0509. The summed E-state index contributed by atoms with van der Waals surface area (Å²) in [6.45, 7) is 3.95. The minimum Gasteiger partial charge on any atom is -0.264 e. The molecule has 0 bridgehead atoms. The molecule has 0 amide bonds. The van der Waals surface area contributed by atoms with Gasteiger partial charge in [-0.3, -0.25) is 9.99 Å². The fourth-order valence-corrected chi connectivity index (χ4v) is 2.81. The largest absolute Gasteiger partial charge is 0.287 e. The number of amidine groups is 1. The third kappa shape index (κ3) is 2.16. The summed E-state index contributed by atoms with van der Waals surface area (Å²) in [4.78, 5) is 3.83. The molecule has 0 atom stereocenters. The van der Waals surface area contributed by atoms with Crippen molar-refractivity contribution in [2.75, 3.05) is 5.01 Å². The molecule has 1 aliphatic heterocycles. The first-order valence-corrected chi connectivity index (χ1v) is 6.68. The van der Waals surface area contributed by atoms with Gasteiger partial charge in [-0.15, -0.1) is 4.40 Å². The minimum atomic E-state index is -3.67. The predicted octanol–water partition coefficient (Wildman–Crippen LogP) is 0.909. The van der Waals surface area contributed by atoms with Crippen molar-refractivity contribution in [1.29, 1.82) is 0 Å². The average molecular weight is 254 g/mol. The number of aromatic nitrogens is 1. The number of nitrogens with two attached hydrogens (primary N) is 1. The Balaban J connectivity index is 2.54. The molecule has 2 heterocycles. The Kier molecular flexibility index (Phi) is 2.88. The Bertz CT molecular complexity index is 565. The third-order valence-electron chi connectivity index (χ3n) is 2.39. The molecule has 0 fully saturated rings. The Morgan fingerprint density at radius 2 is 2.18 bits per heavy atom. The molecular weight excluding hydrogens is 240 g/mol. The van der Waals surface area contributed by atoms with Gasteiger partial charge in [0.1, 0.15) is 10.7 Å². The molecule has 6 nitrogen and oxygen atoms in total. The molecule has 17 heavy (non-hydrogen) atoms. The molecule has 1 aliphatic rings. The van der Waals surface area contributed by atoms with E-state index < -0.39 is 10.0 Å². The summed E-state index contributed by atoms with van der Waals surface area (Å²) >= 11 is 0. The molecule has 0 spiro atoms. The lowest BCUT2D eigenvalue weighted by molar-refractivity contribution is 0.595. The van der Waals surface area contributed by atoms with E-state index in [2.05, 4.69) is 9.38 Å². The van der Waals surface area contributed by atoms with Gasteiger partial charge in [-0.05, 0) is 12.0 Å². The van der Waals surface area contributed by atoms with Crippen LogP contribution >= 0.6 is 0 Å². The molecule has 0 unspecified atom stereocenters. The van der Waals surface area contributed by atoms with Crippen LogP contribution in [0, 0.1) is 5.92 Å². The second kappa shape index (κ2) is 4.08. The predicted molar refractivity (Wildman–Crippen MR) is 65.0 cm³/mol. The lowest BCUT2D eigenvalue weighted by Crippen LogP contribution is -2.42. The smallest absolute Gasteiger partial charge is 0.264 e. The highest BCUT2D eigenvalue weighted by molar-refractivity contribution is 7.90. The second-order valence-electron chi connectivity index (χ2n) is 4.29. The van der Waals surface area contributed by atoms with E-state index in [0.29, 0.717) is 17.9 Å². The molecule has 2 rings (SSSR count). The normalized spacial score (nSPS) is 17.9. The van der Waals surface area contributed by atoms with Crippen LogP contribution in [0.2, 0.25) is 0 Å². The lowest BCUT2D eigenvalue weighted by atomic mass is 10.1. The highest BCUT2D eigenvalue weighted by Crippen LogP contribution is 2.29. The van der Waals surface area contributed by atoms with Crippen LogP contribution in [0.5, 0.6) is 0 Å². The van der Waals surface area contributed by atoms with E-state index in [0.717, 1.165) is 0 Å². The van der Waals surface area contributed by atoms with Gasteiger partial charge in [-0.1, -0.05) is 13.8 Å². The van der Waals surface area contributed by atoms with Gasteiger partial charge in [-0.2, -0.15) is 8.42 Å². The number of hydrazine groups is 1. The Morgan fingerprint density at radius 1 is 1.47 bits per heavy atom. The van der Waals surface area contributed by atoms with Crippen molar-refractivity contribution in [2.45, 2.75) is 25.2 Å². The first-order valence-electron chi connectivity index (χ1n) is 5.24. The van der Waals surface area contributed by atoms with Crippen molar-refractivity contribution in [2.24, 2.45) is 16.2 Å². The quantitative estimate of drug-likeness (QED) is 0.792. The van der Waals surface area contributed by atoms with E-state index in [1.54, 1.807) is 6.07 Å². The van der Waals surface area contributed by atoms with E-state index in [9.17, 15) is 8.42 Å². The van der Waals surface area contributed by atoms with E-state index >= 15 is 0 Å².